The van der Waals surface area contributed by atoms with Gasteiger partial charge in [-0.15, -0.1) is 0 Å². The minimum absolute atomic E-state index is 0.399. The zero-order valence-corrected chi connectivity index (χ0v) is 13.6. The van der Waals surface area contributed by atoms with Crippen molar-refractivity contribution >= 4 is 11.6 Å². The van der Waals surface area contributed by atoms with Gasteiger partial charge in [0, 0.05) is 29.7 Å². The van der Waals surface area contributed by atoms with Crippen LogP contribution in [0.15, 0.2) is 48.8 Å². The van der Waals surface area contributed by atoms with E-state index in [1.165, 1.54) is 0 Å². The molecule has 1 heterocycles. The summed E-state index contributed by atoms with van der Waals surface area (Å²) < 4.78 is 5.69. The smallest absolute Gasteiger partial charge is 0.253 e. The van der Waals surface area contributed by atoms with E-state index in [0.717, 1.165) is 5.56 Å². The van der Waals surface area contributed by atoms with E-state index in [2.05, 4.69) is 10.3 Å². The molecule has 0 aliphatic heterocycles. The van der Waals surface area contributed by atoms with Gasteiger partial charge in [-0.05, 0) is 23.6 Å². The van der Waals surface area contributed by atoms with Crippen LogP contribution in [0.4, 0.5) is 5.69 Å². The van der Waals surface area contributed by atoms with Gasteiger partial charge >= 0.3 is 0 Å². The number of hydrogen-bond donors (Lipinski definition) is 2. The molecular weight excluding hydrogens is 292 g/mol. The van der Waals surface area contributed by atoms with Crippen molar-refractivity contribution in [3.05, 3.63) is 54.4 Å². The van der Waals surface area contributed by atoms with Gasteiger partial charge in [-0.1, -0.05) is 32.9 Å². The molecule has 0 aliphatic rings. The summed E-state index contributed by atoms with van der Waals surface area (Å²) in [4.78, 5) is 16.1. The number of carbonyl (C=O) groups excluding carboxylic acids is 1. The molecule has 122 valence electrons. The Bertz CT molecular complexity index is 651. The molecule has 1 aromatic heterocycles. The van der Waals surface area contributed by atoms with Crippen molar-refractivity contribution in [2.45, 2.75) is 33.5 Å². The summed E-state index contributed by atoms with van der Waals surface area (Å²) in [5, 5.41) is 12.7. The third kappa shape index (κ3) is 5.07. The molecule has 0 saturated carbocycles. The van der Waals surface area contributed by atoms with E-state index in [0.29, 0.717) is 18.0 Å². The molecule has 1 atom stereocenters. The normalized spacial score (nSPS) is 12.5. The van der Waals surface area contributed by atoms with Crippen molar-refractivity contribution in [2.24, 2.45) is 5.41 Å². The van der Waals surface area contributed by atoms with E-state index in [1.54, 1.807) is 30.6 Å². The van der Waals surface area contributed by atoms with E-state index in [4.69, 9.17) is 4.74 Å². The van der Waals surface area contributed by atoms with E-state index < -0.39 is 17.4 Å². The highest BCUT2D eigenvalue weighted by Crippen LogP contribution is 2.22. The highest BCUT2D eigenvalue weighted by molar-refractivity contribution is 5.94. The number of carbonyl (C=O) groups is 1. The van der Waals surface area contributed by atoms with Crippen LogP contribution in [0.3, 0.4) is 0 Å². The van der Waals surface area contributed by atoms with Crippen LogP contribution in [0.2, 0.25) is 0 Å². The van der Waals surface area contributed by atoms with Gasteiger partial charge in [-0.25, -0.2) is 0 Å². The third-order valence-electron chi connectivity index (χ3n) is 3.30. The molecule has 23 heavy (non-hydrogen) atoms. The van der Waals surface area contributed by atoms with E-state index in [1.807, 2.05) is 39.0 Å². The summed E-state index contributed by atoms with van der Waals surface area (Å²) in [6.45, 7) is 5.83. The van der Waals surface area contributed by atoms with Crippen molar-refractivity contribution in [1.29, 1.82) is 0 Å². The summed E-state index contributed by atoms with van der Waals surface area (Å²) >= 11 is 0. The molecule has 0 radical (unpaired) electrons. The zero-order valence-electron chi connectivity index (χ0n) is 13.6. The first kappa shape index (κ1) is 17.0. The van der Waals surface area contributed by atoms with Crippen LogP contribution in [0.25, 0.3) is 0 Å². The van der Waals surface area contributed by atoms with Gasteiger partial charge in [0.25, 0.3) is 5.91 Å². The van der Waals surface area contributed by atoms with Crippen LogP contribution < -0.4 is 10.1 Å². The predicted molar refractivity (Wildman–Crippen MR) is 89.1 cm³/mol. The molecule has 0 bridgehead atoms. The first-order chi connectivity index (χ1) is 10.9. The summed E-state index contributed by atoms with van der Waals surface area (Å²) in [6.07, 6.45) is 2.37. The molecule has 2 N–H and O–H groups in total. The SMILES string of the molecule is CC(C)(C)[C@@H](O)C(=O)Nc1cccc(OCc2cccnc2)c1. The average molecular weight is 314 g/mol. The molecule has 5 nitrogen and oxygen atoms in total. The fourth-order valence-electron chi connectivity index (χ4n) is 1.92. The van der Waals surface area contributed by atoms with E-state index >= 15 is 0 Å². The number of aliphatic hydroxyl groups excluding tert-OH is 1. The number of nitrogens with one attached hydrogen (secondary N) is 1. The third-order valence-corrected chi connectivity index (χ3v) is 3.30. The number of benzene rings is 1. The number of rotatable bonds is 5. The predicted octanol–water partition coefficient (Wildman–Crippen LogP) is 3.01. The fraction of sp³-hybridized carbons (Fsp3) is 0.333. The van der Waals surface area contributed by atoms with Gasteiger partial charge in [-0.3, -0.25) is 9.78 Å². The maximum Gasteiger partial charge on any atom is 0.253 e. The van der Waals surface area contributed by atoms with Gasteiger partial charge in [0.2, 0.25) is 0 Å². The number of anilines is 1. The van der Waals surface area contributed by atoms with Gasteiger partial charge in [0.15, 0.2) is 0 Å². The Morgan fingerprint density at radius 2 is 2.09 bits per heavy atom. The molecule has 0 unspecified atom stereocenters. The molecule has 0 saturated heterocycles. The van der Waals surface area contributed by atoms with E-state index in [9.17, 15) is 9.90 Å². The van der Waals surface area contributed by atoms with Crippen LogP contribution >= 0.6 is 0 Å². The fourth-order valence-corrected chi connectivity index (χ4v) is 1.92. The molecular formula is C18H22N2O3. The lowest BCUT2D eigenvalue weighted by molar-refractivity contribution is -0.129. The van der Waals surface area contributed by atoms with Crippen LogP contribution in [0, 0.1) is 5.41 Å². The highest BCUT2D eigenvalue weighted by atomic mass is 16.5. The van der Waals surface area contributed by atoms with Crippen molar-refractivity contribution in [2.75, 3.05) is 5.32 Å². The summed E-state index contributed by atoms with van der Waals surface area (Å²) in [6, 6.07) is 10.9. The van der Waals surface area contributed by atoms with Crippen molar-refractivity contribution in [3.63, 3.8) is 0 Å². The van der Waals surface area contributed by atoms with Crippen molar-refractivity contribution in [3.8, 4) is 5.75 Å². The lowest BCUT2D eigenvalue weighted by Gasteiger charge is -2.24. The Morgan fingerprint density at radius 3 is 2.74 bits per heavy atom. The molecule has 1 aromatic carbocycles. The summed E-state index contributed by atoms with van der Waals surface area (Å²) in [5.41, 5.74) is 1.03. The monoisotopic (exact) mass is 314 g/mol. The molecule has 2 aromatic rings. The molecule has 2 rings (SSSR count). The second-order valence-corrected chi connectivity index (χ2v) is 6.44. The lowest BCUT2D eigenvalue weighted by Crippen LogP contribution is -2.38. The molecule has 0 fully saturated rings. The molecule has 5 heteroatoms. The highest BCUT2D eigenvalue weighted by Gasteiger charge is 2.28. The standard InChI is InChI=1S/C18H22N2O3/c1-18(2,3)16(21)17(22)20-14-7-4-8-15(10-14)23-12-13-6-5-9-19-11-13/h4-11,16,21H,12H2,1-3H3,(H,20,22)/t16-/m0/s1. The Hall–Kier alpha value is -2.40. The van der Waals surface area contributed by atoms with Gasteiger partial charge in [-0.2, -0.15) is 0 Å². The summed E-state index contributed by atoms with van der Waals surface area (Å²) in [5.74, 6) is 0.207. The zero-order chi connectivity index (χ0) is 16.9. The molecule has 0 aliphatic carbocycles. The van der Waals surface area contributed by atoms with Crippen molar-refractivity contribution in [1.82, 2.24) is 4.98 Å². The van der Waals surface area contributed by atoms with Gasteiger partial charge < -0.3 is 15.2 Å². The Morgan fingerprint density at radius 1 is 1.30 bits per heavy atom. The van der Waals surface area contributed by atoms with Crippen LogP contribution in [0.5, 0.6) is 5.75 Å². The topological polar surface area (TPSA) is 71.5 Å². The largest absolute Gasteiger partial charge is 0.489 e. The average Bonchev–Trinajstić information content (AvgIpc) is 2.52. The number of pyridine rings is 1. The second-order valence-electron chi connectivity index (χ2n) is 6.44. The minimum atomic E-state index is -1.08. The van der Waals surface area contributed by atoms with Crippen LogP contribution in [-0.2, 0) is 11.4 Å². The number of ether oxygens (including phenoxy) is 1. The minimum Gasteiger partial charge on any atom is -0.489 e. The van der Waals surface area contributed by atoms with Crippen LogP contribution in [0.1, 0.15) is 26.3 Å². The quantitative estimate of drug-likeness (QED) is 0.890. The lowest BCUT2D eigenvalue weighted by atomic mass is 9.88. The number of nitrogens with zero attached hydrogens (tertiary/aromatic N) is 1. The molecule has 1 amide bonds. The maximum absolute atomic E-state index is 12.0. The van der Waals surface area contributed by atoms with Crippen molar-refractivity contribution < 1.29 is 14.6 Å². The number of aliphatic hydroxyl groups is 1. The number of amides is 1. The first-order valence-corrected chi connectivity index (χ1v) is 7.47. The maximum atomic E-state index is 12.0. The molecule has 0 spiro atoms. The number of hydrogen-bond acceptors (Lipinski definition) is 4. The first-order valence-electron chi connectivity index (χ1n) is 7.47. The van der Waals surface area contributed by atoms with Crippen LogP contribution in [-0.4, -0.2) is 22.1 Å². The number of aromatic nitrogens is 1. The van der Waals surface area contributed by atoms with Gasteiger partial charge in [0.05, 0.1) is 0 Å². The summed E-state index contributed by atoms with van der Waals surface area (Å²) in [7, 11) is 0. The van der Waals surface area contributed by atoms with Gasteiger partial charge in [0.1, 0.15) is 18.5 Å². The Kier molecular flexibility index (Phi) is 5.34. The Labute approximate surface area is 136 Å². The van der Waals surface area contributed by atoms with E-state index in [-0.39, 0.29) is 0 Å². The Balaban J connectivity index is 1.98. The second kappa shape index (κ2) is 7.24.